The van der Waals surface area contributed by atoms with Crippen LogP contribution in [0.2, 0.25) is 0 Å². The molecule has 0 radical (unpaired) electrons. The summed E-state index contributed by atoms with van der Waals surface area (Å²) in [7, 11) is 0. The third-order valence-electron chi connectivity index (χ3n) is 4.68. The number of hydrogen-bond donors (Lipinski definition) is 1. The van der Waals surface area contributed by atoms with Gasteiger partial charge in [0.25, 0.3) is 5.91 Å². The molecule has 28 heavy (non-hydrogen) atoms. The minimum Gasteiger partial charge on any atom is -0.483 e. The molecule has 1 heterocycles. The molecular weight excluding hydrogens is 428 g/mol. The van der Waals surface area contributed by atoms with Crippen molar-refractivity contribution in [3.63, 3.8) is 0 Å². The average molecular weight is 455 g/mol. The second kappa shape index (κ2) is 9.91. The molecule has 0 spiro atoms. The topological polar surface area (TPSA) is 84.9 Å². The van der Waals surface area contributed by atoms with Crippen LogP contribution in [-0.2, 0) is 19.1 Å². The number of rotatable bonds is 7. The molecule has 1 fully saturated rings. The van der Waals surface area contributed by atoms with E-state index in [9.17, 15) is 14.4 Å². The number of benzene rings is 1. The number of halogens is 1. The van der Waals surface area contributed by atoms with Crippen LogP contribution in [0.1, 0.15) is 37.8 Å². The summed E-state index contributed by atoms with van der Waals surface area (Å²) in [6.07, 6.45) is 0.290. The lowest BCUT2D eigenvalue weighted by Gasteiger charge is -2.34. The molecule has 1 aliphatic heterocycles. The lowest BCUT2D eigenvalue weighted by molar-refractivity contribution is -0.155. The molecular formula is C20H27BrN2O5. The highest BCUT2D eigenvalue weighted by atomic mass is 79.9. The van der Waals surface area contributed by atoms with E-state index in [-0.39, 0.29) is 30.9 Å². The van der Waals surface area contributed by atoms with Gasteiger partial charge in [-0.05, 0) is 50.5 Å². The van der Waals surface area contributed by atoms with Crippen LogP contribution in [0, 0.1) is 13.8 Å². The maximum Gasteiger partial charge on any atom is 0.308 e. The molecule has 1 N–H and O–H groups in total. The van der Waals surface area contributed by atoms with Crippen LogP contribution in [0.25, 0.3) is 0 Å². The molecule has 2 atom stereocenters. The molecule has 1 saturated heterocycles. The van der Waals surface area contributed by atoms with E-state index in [1.54, 1.807) is 6.92 Å². The van der Waals surface area contributed by atoms with Gasteiger partial charge >= 0.3 is 5.97 Å². The predicted octanol–water partition coefficient (Wildman–Crippen LogP) is 2.50. The summed E-state index contributed by atoms with van der Waals surface area (Å²) in [5.41, 5.74) is 1.81. The maximum absolute atomic E-state index is 12.7. The predicted molar refractivity (Wildman–Crippen MR) is 108 cm³/mol. The van der Waals surface area contributed by atoms with Crippen molar-refractivity contribution < 1.29 is 23.9 Å². The number of esters is 1. The summed E-state index contributed by atoms with van der Waals surface area (Å²) in [5.74, 6) is -0.532. The number of nitrogens with one attached hydrogen (secondary N) is 1. The fourth-order valence-electron chi connectivity index (χ4n) is 3.07. The SMILES string of the molecule is CCC(C)OC(=O)CC1C(=O)NCCN1C(=O)COc1c(C)cc(Br)cc1C. The van der Waals surface area contributed by atoms with Crippen molar-refractivity contribution in [2.75, 3.05) is 19.7 Å². The Bertz CT molecular complexity index is 729. The largest absolute Gasteiger partial charge is 0.483 e. The highest BCUT2D eigenvalue weighted by molar-refractivity contribution is 9.10. The summed E-state index contributed by atoms with van der Waals surface area (Å²) in [6, 6.07) is 2.94. The van der Waals surface area contributed by atoms with Gasteiger partial charge in [0.15, 0.2) is 6.61 Å². The highest BCUT2D eigenvalue weighted by Gasteiger charge is 2.35. The zero-order chi connectivity index (χ0) is 20.8. The van der Waals surface area contributed by atoms with E-state index in [0.29, 0.717) is 25.3 Å². The molecule has 7 nitrogen and oxygen atoms in total. The minimum absolute atomic E-state index is 0.168. The Morgan fingerprint density at radius 1 is 1.32 bits per heavy atom. The van der Waals surface area contributed by atoms with Crippen LogP contribution in [0.15, 0.2) is 16.6 Å². The molecule has 0 saturated carbocycles. The second-order valence-corrected chi connectivity index (χ2v) is 7.88. The Hall–Kier alpha value is -2.09. The van der Waals surface area contributed by atoms with Crippen LogP contribution >= 0.6 is 15.9 Å². The smallest absolute Gasteiger partial charge is 0.308 e. The molecule has 0 bridgehead atoms. The van der Waals surface area contributed by atoms with Crippen LogP contribution < -0.4 is 10.1 Å². The molecule has 8 heteroatoms. The van der Waals surface area contributed by atoms with Gasteiger partial charge < -0.3 is 19.7 Å². The van der Waals surface area contributed by atoms with E-state index in [2.05, 4.69) is 21.2 Å². The summed E-state index contributed by atoms with van der Waals surface area (Å²) in [6.45, 7) is 7.97. The Labute approximate surface area is 173 Å². The zero-order valence-electron chi connectivity index (χ0n) is 16.7. The lowest BCUT2D eigenvalue weighted by Crippen LogP contribution is -2.58. The maximum atomic E-state index is 12.7. The first-order chi connectivity index (χ1) is 13.2. The van der Waals surface area contributed by atoms with Crippen molar-refractivity contribution in [3.8, 4) is 5.75 Å². The number of amides is 2. The second-order valence-electron chi connectivity index (χ2n) is 6.96. The van der Waals surface area contributed by atoms with Gasteiger partial charge in [0.2, 0.25) is 5.91 Å². The molecule has 1 aromatic carbocycles. The zero-order valence-corrected chi connectivity index (χ0v) is 18.3. The molecule has 0 aromatic heterocycles. The van der Waals surface area contributed by atoms with Gasteiger partial charge in [0, 0.05) is 17.6 Å². The first kappa shape index (κ1) is 22.2. The summed E-state index contributed by atoms with van der Waals surface area (Å²) in [5, 5.41) is 2.70. The van der Waals surface area contributed by atoms with Crippen molar-refractivity contribution in [3.05, 3.63) is 27.7 Å². The standard InChI is InChI=1S/C20H27BrN2O5/c1-5-14(4)28-18(25)10-16-20(26)22-6-7-23(16)17(24)11-27-19-12(2)8-15(21)9-13(19)3/h8-9,14,16H,5-7,10-11H2,1-4H3,(H,22,26). The van der Waals surface area contributed by atoms with Crippen LogP contribution in [0.3, 0.4) is 0 Å². The van der Waals surface area contributed by atoms with Gasteiger partial charge in [-0.1, -0.05) is 22.9 Å². The van der Waals surface area contributed by atoms with Crippen molar-refractivity contribution >= 4 is 33.7 Å². The molecule has 0 aliphatic carbocycles. The molecule has 154 valence electrons. The molecule has 1 aliphatic rings. The van der Waals surface area contributed by atoms with Gasteiger partial charge in [-0.15, -0.1) is 0 Å². The highest BCUT2D eigenvalue weighted by Crippen LogP contribution is 2.27. The third kappa shape index (κ3) is 5.70. The number of ether oxygens (including phenoxy) is 2. The number of carbonyl (C=O) groups excluding carboxylic acids is 3. The number of nitrogens with zero attached hydrogens (tertiary/aromatic N) is 1. The molecule has 2 unspecified atom stereocenters. The monoisotopic (exact) mass is 454 g/mol. The number of hydrogen-bond acceptors (Lipinski definition) is 5. The fourth-order valence-corrected chi connectivity index (χ4v) is 3.76. The van der Waals surface area contributed by atoms with Crippen LogP contribution in [0.4, 0.5) is 0 Å². The number of carbonyl (C=O) groups is 3. The van der Waals surface area contributed by atoms with E-state index < -0.39 is 12.0 Å². The van der Waals surface area contributed by atoms with E-state index in [1.165, 1.54) is 4.90 Å². The first-order valence-corrected chi connectivity index (χ1v) is 10.2. The summed E-state index contributed by atoms with van der Waals surface area (Å²) < 4.78 is 11.9. The van der Waals surface area contributed by atoms with E-state index in [1.807, 2.05) is 32.9 Å². The Morgan fingerprint density at radius 2 is 1.96 bits per heavy atom. The molecule has 1 aromatic rings. The number of piperazine rings is 1. The van der Waals surface area contributed by atoms with Crippen molar-refractivity contribution in [1.82, 2.24) is 10.2 Å². The van der Waals surface area contributed by atoms with Gasteiger partial charge in [-0.25, -0.2) is 0 Å². The Morgan fingerprint density at radius 3 is 2.57 bits per heavy atom. The quantitative estimate of drug-likeness (QED) is 0.639. The summed E-state index contributed by atoms with van der Waals surface area (Å²) >= 11 is 3.43. The number of aryl methyl sites for hydroxylation is 2. The van der Waals surface area contributed by atoms with Crippen molar-refractivity contribution in [2.24, 2.45) is 0 Å². The normalized spacial score (nSPS) is 17.7. The lowest BCUT2D eigenvalue weighted by atomic mass is 10.1. The van der Waals surface area contributed by atoms with Crippen molar-refractivity contribution in [1.29, 1.82) is 0 Å². The Balaban J connectivity index is 2.05. The molecule has 2 amide bonds. The van der Waals surface area contributed by atoms with Gasteiger partial charge in [0.1, 0.15) is 11.8 Å². The van der Waals surface area contributed by atoms with Crippen LogP contribution in [-0.4, -0.2) is 54.5 Å². The minimum atomic E-state index is -0.881. The first-order valence-electron chi connectivity index (χ1n) is 9.39. The van der Waals surface area contributed by atoms with Gasteiger partial charge in [-0.3, -0.25) is 14.4 Å². The van der Waals surface area contributed by atoms with Crippen molar-refractivity contribution in [2.45, 2.75) is 52.7 Å². The van der Waals surface area contributed by atoms with Crippen LogP contribution in [0.5, 0.6) is 5.75 Å². The van der Waals surface area contributed by atoms with E-state index in [0.717, 1.165) is 15.6 Å². The Kier molecular flexibility index (Phi) is 7.86. The third-order valence-corrected chi connectivity index (χ3v) is 5.14. The van der Waals surface area contributed by atoms with Gasteiger partial charge in [-0.2, -0.15) is 0 Å². The van der Waals surface area contributed by atoms with Gasteiger partial charge in [0.05, 0.1) is 12.5 Å². The van der Waals surface area contributed by atoms with E-state index >= 15 is 0 Å². The fraction of sp³-hybridized carbons (Fsp3) is 0.550. The van der Waals surface area contributed by atoms with E-state index in [4.69, 9.17) is 9.47 Å². The average Bonchev–Trinajstić information content (AvgIpc) is 2.62. The molecule has 2 rings (SSSR count). The summed E-state index contributed by atoms with van der Waals surface area (Å²) in [4.78, 5) is 38.5.